The smallest absolute Gasteiger partial charge is 0.414 e. The highest BCUT2D eigenvalue weighted by Crippen LogP contribution is 2.27. The van der Waals surface area contributed by atoms with Crippen LogP contribution in [-0.4, -0.2) is 49.7 Å². The average molecular weight is 483 g/mol. The van der Waals surface area contributed by atoms with E-state index in [4.69, 9.17) is 19.2 Å². The number of carbonyl (C=O) groups is 1. The normalized spacial score (nSPS) is 12.4. The van der Waals surface area contributed by atoms with Crippen molar-refractivity contribution in [2.24, 2.45) is 0 Å². The number of halogens is 1. The number of rotatable bonds is 10. The number of hydrogen-bond donors (Lipinski definition) is 0. The van der Waals surface area contributed by atoms with E-state index in [-0.39, 0.29) is 6.61 Å². The minimum absolute atomic E-state index is 0.214. The minimum Gasteiger partial charge on any atom is -0.485 e. The Morgan fingerprint density at radius 2 is 1.80 bits per heavy atom. The van der Waals surface area contributed by atoms with Crippen LogP contribution in [0.2, 0.25) is 0 Å². The first-order valence-electron chi connectivity index (χ1n) is 12.0. The summed E-state index contributed by atoms with van der Waals surface area (Å²) >= 11 is 0. The van der Waals surface area contributed by atoms with Gasteiger partial charge in [-0.15, -0.1) is 0 Å². The maximum Gasteiger partial charge on any atom is 0.414 e. The van der Waals surface area contributed by atoms with Crippen molar-refractivity contribution in [1.29, 1.82) is 0 Å². The molecule has 35 heavy (non-hydrogen) atoms. The van der Waals surface area contributed by atoms with E-state index in [9.17, 15) is 9.18 Å². The average Bonchev–Trinajstić information content (AvgIpc) is 2.84. The van der Waals surface area contributed by atoms with Crippen LogP contribution in [0.1, 0.15) is 40.5 Å². The Kier molecular flexibility index (Phi) is 9.04. The van der Waals surface area contributed by atoms with Crippen molar-refractivity contribution in [2.75, 3.05) is 31.8 Å². The molecule has 2 aromatic carbocycles. The zero-order valence-corrected chi connectivity index (χ0v) is 21.2. The molecular formula is C28H35FN2O4. The van der Waals surface area contributed by atoms with E-state index in [1.54, 1.807) is 7.05 Å². The zero-order valence-electron chi connectivity index (χ0n) is 21.2. The van der Waals surface area contributed by atoms with E-state index in [1.807, 2.05) is 75.4 Å². The lowest BCUT2D eigenvalue weighted by Gasteiger charge is -2.24. The SMILES string of the molecule is CCCCOCC(CF)Oc1ccc2ccc(-c3ccc(N(C)C(=O)OC(C)(C)C)cc3)nc2c1. The Hall–Kier alpha value is -3.19. The van der Waals surface area contributed by atoms with Crippen molar-refractivity contribution in [2.45, 2.75) is 52.2 Å². The molecule has 0 N–H and O–H groups in total. The van der Waals surface area contributed by atoms with Gasteiger partial charge >= 0.3 is 6.09 Å². The summed E-state index contributed by atoms with van der Waals surface area (Å²) in [6.07, 6.45) is 0.911. The molecule has 0 saturated heterocycles. The summed E-state index contributed by atoms with van der Waals surface area (Å²) in [6, 6.07) is 17.0. The van der Waals surface area contributed by atoms with Gasteiger partial charge in [0.1, 0.15) is 18.0 Å². The second kappa shape index (κ2) is 12.0. The number of anilines is 1. The third kappa shape index (κ3) is 7.65. The summed E-state index contributed by atoms with van der Waals surface area (Å²) in [6.45, 7) is 7.79. The van der Waals surface area contributed by atoms with E-state index in [0.29, 0.717) is 12.4 Å². The fourth-order valence-electron chi connectivity index (χ4n) is 3.39. The summed E-state index contributed by atoms with van der Waals surface area (Å²) in [7, 11) is 1.68. The van der Waals surface area contributed by atoms with Gasteiger partial charge in [-0.3, -0.25) is 4.90 Å². The van der Waals surface area contributed by atoms with Gasteiger partial charge in [0.2, 0.25) is 0 Å². The highest BCUT2D eigenvalue weighted by molar-refractivity contribution is 5.88. The highest BCUT2D eigenvalue weighted by atomic mass is 19.1. The molecular weight excluding hydrogens is 447 g/mol. The number of pyridine rings is 1. The number of unbranched alkanes of at least 4 members (excludes halogenated alkanes) is 1. The van der Waals surface area contributed by atoms with Crippen molar-refractivity contribution in [3.8, 4) is 17.0 Å². The number of hydrogen-bond acceptors (Lipinski definition) is 5. The molecule has 1 heterocycles. The number of benzene rings is 2. The molecule has 0 aliphatic heterocycles. The number of carbonyl (C=O) groups excluding carboxylic acids is 1. The summed E-state index contributed by atoms with van der Waals surface area (Å²) in [5.74, 6) is 0.554. The van der Waals surface area contributed by atoms with Crippen LogP contribution in [0.3, 0.4) is 0 Å². The molecule has 1 amide bonds. The first-order chi connectivity index (χ1) is 16.7. The second-order valence-electron chi connectivity index (χ2n) is 9.46. The Morgan fingerprint density at radius 3 is 2.46 bits per heavy atom. The lowest BCUT2D eigenvalue weighted by molar-refractivity contribution is 0.0367. The van der Waals surface area contributed by atoms with E-state index in [0.717, 1.165) is 40.7 Å². The summed E-state index contributed by atoms with van der Waals surface area (Å²) in [5, 5.41) is 0.957. The summed E-state index contributed by atoms with van der Waals surface area (Å²) < 4.78 is 30.2. The van der Waals surface area contributed by atoms with E-state index >= 15 is 0 Å². The van der Waals surface area contributed by atoms with Crippen LogP contribution in [0.25, 0.3) is 22.2 Å². The van der Waals surface area contributed by atoms with Crippen molar-refractivity contribution in [1.82, 2.24) is 4.98 Å². The van der Waals surface area contributed by atoms with Gasteiger partial charge in [0.05, 0.1) is 17.8 Å². The second-order valence-corrected chi connectivity index (χ2v) is 9.46. The molecule has 3 rings (SSSR count). The molecule has 1 atom stereocenters. The number of nitrogens with zero attached hydrogens (tertiary/aromatic N) is 2. The van der Waals surface area contributed by atoms with Gasteiger partial charge < -0.3 is 14.2 Å². The van der Waals surface area contributed by atoms with Crippen LogP contribution in [0.4, 0.5) is 14.9 Å². The van der Waals surface area contributed by atoms with Crippen LogP contribution in [0, 0.1) is 0 Å². The summed E-state index contributed by atoms with van der Waals surface area (Å²) in [4.78, 5) is 18.6. The number of amides is 1. The van der Waals surface area contributed by atoms with Crippen LogP contribution in [0.5, 0.6) is 5.75 Å². The van der Waals surface area contributed by atoms with Gasteiger partial charge in [-0.2, -0.15) is 0 Å². The predicted molar refractivity (Wildman–Crippen MR) is 138 cm³/mol. The standard InChI is InChI=1S/C28H35FN2O4/c1-6-7-16-33-19-24(18-29)34-23-14-10-21-11-15-25(30-26(21)17-23)20-8-12-22(13-9-20)31(5)27(32)35-28(2,3)4/h8-15,17,24H,6-7,16,18-19H2,1-5H3. The predicted octanol–water partition coefficient (Wildman–Crippen LogP) is 6.81. The maximum absolute atomic E-state index is 13.4. The van der Waals surface area contributed by atoms with Gasteiger partial charge in [-0.1, -0.05) is 31.5 Å². The quantitative estimate of drug-likeness (QED) is 0.297. The van der Waals surface area contributed by atoms with Gasteiger partial charge in [0, 0.05) is 36.4 Å². The minimum atomic E-state index is -0.651. The van der Waals surface area contributed by atoms with E-state index in [1.165, 1.54) is 4.90 Å². The van der Waals surface area contributed by atoms with Crippen LogP contribution in [-0.2, 0) is 9.47 Å². The molecule has 7 heteroatoms. The Balaban J connectivity index is 1.73. The molecule has 0 aliphatic rings. The molecule has 0 bridgehead atoms. The van der Waals surface area contributed by atoms with Crippen molar-refractivity contribution in [3.05, 3.63) is 54.6 Å². The van der Waals surface area contributed by atoms with Gasteiger partial charge in [0.15, 0.2) is 6.10 Å². The monoisotopic (exact) mass is 482 g/mol. The lowest BCUT2D eigenvalue weighted by Crippen LogP contribution is -2.34. The van der Waals surface area contributed by atoms with E-state index < -0.39 is 24.5 Å². The van der Waals surface area contributed by atoms with Crippen LogP contribution in [0.15, 0.2) is 54.6 Å². The fourth-order valence-corrected chi connectivity index (χ4v) is 3.39. The fraction of sp³-hybridized carbons (Fsp3) is 0.429. The molecule has 1 unspecified atom stereocenters. The van der Waals surface area contributed by atoms with Crippen LogP contribution < -0.4 is 9.64 Å². The molecule has 0 radical (unpaired) electrons. The van der Waals surface area contributed by atoms with Gasteiger partial charge in [0.25, 0.3) is 0 Å². The van der Waals surface area contributed by atoms with Gasteiger partial charge in [-0.05, 0) is 57.5 Å². The Labute approximate surface area is 207 Å². The number of fused-ring (bicyclic) bond motifs is 1. The van der Waals surface area contributed by atoms with E-state index in [2.05, 4.69) is 6.92 Å². The first-order valence-corrected chi connectivity index (χ1v) is 12.0. The van der Waals surface area contributed by atoms with Crippen molar-refractivity contribution < 1.29 is 23.4 Å². The Morgan fingerprint density at radius 1 is 1.09 bits per heavy atom. The first kappa shape index (κ1) is 26.4. The molecule has 6 nitrogen and oxygen atoms in total. The summed E-state index contributed by atoms with van der Waals surface area (Å²) in [5.41, 5.74) is 2.60. The molecule has 1 aromatic heterocycles. The number of ether oxygens (including phenoxy) is 3. The van der Waals surface area contributed by atoms with Crippen molar-refractivity contribution in [3.63, 3.8) is 0 Å². The molecule has 0 aliphatic carbocycles. The molecule has 0 fully saturated rings. The molecule has 0 saturated carbocycles. The molecule has 0 spiro atoms. The molecule has 188 valence electrons. The highest BCUT2D eigenvalue weighted by Gasteiger charge is 2.20. The van der Waals surface area contributed by atoms with Crippen molar-refractivity contribution >= 4 is 22.7 Å². The van der Waals surface area contributed by atoms with Gasteiger partial charge in [-0.25, -0.2) is 14.2 Å². The number of aromatic nitrogens is 1. The Bertz CT molecular complexity index is 1110. The third-order valence-electron chi connectivity index (χ3n) is 5.30. The lowest BCUT2D eigenvalue weighted by atomic mass is 10.1. The molecule has 3 aromatic rings. The van der Waals surface area contributed by atoms with Crippen LogP contribution >= 0.6 is 0 Å². The topological polar surface area (TPSA) is 60.9 Å². The number of alkyl halides is 1. The largest absolute Gasteiger partial charge is 0.485 e. The maximum atomic E-state index is 13.4. The third-order valence-corrected chi connectivity index (χ3v) is 5.30. The zero-order chi connectivity index (χ0) is 25.4.